The maximum absolute atomic E-state index is 6.22. The molecule has 3 fully saturated rings. The average molecular weight is 318 g/mol. The van der Waals surface area contributed by atoms with Gasteiger partial charge in [0.1, 0.15) is 0 Å². The van der Waals surface area contributed by atoms with Crippen LogP contribution in [0.15, 0.2) is 18.2 Å². The van der Waals surface area contributed by atoms with E-state index < -0.39 is 0 Å². The van der Waals surface area contributed by atoms with Crippen molar-refractivity contribution in [3.8, 4) is 0 Å². The number of hydrogen-bond acceptors (Lipinski definition) is 1. The third-order valence-corrected chi connectivity index (χ3v) is 6.91. The molecule has 1 saturated heterocycles. The quantitative estimate of drug-likeness (QED) is 0.705. The Labute approximate surface area is 140 Å². The Hall–Kier alpha value is -0.530. The first-order valence-electron chi connectivity index (χ1n) is 9.21. The molecule has 2 bridgehead atoms. The summed E-state index contributed by atoms with van der Waals surface area (Å²) in [5, 5.41) is 0.896. The summed E-state index contributed by atoms with van der Waals surface area (Å²) in [4.78, 5) is 2.84. The van der Waals surface area contributed by atoms with Crippen molar-refractivity contribution in [2.75, 3.05) is 13.1 Å². The first-order valence-corrected chi connectivity index (χ1v) is 9.58. The van der Waals surface area contributed by atoms with Gasteiger partial charge in [0.2, 0.25) is 0 Å². The second-order valence-corrected chi connectivity index (χ2v) is 8.33. The summed E-state index contributed by atoms with van der Waals surface area (Å²) < 4.78 is 0. The lowest BCUT2D eigenvalue weighted by Crippen LogP contribution is -2.45. The second kappa shape index (κ2) is 6.17. The van der Waals surface area contributed by atoms with Gasteiger partial charge in [-0.25, -0.2) is 0 Å². The Bertz CT molecular complexity index is 533. The van der Waals surface area contributed by atoms with E-state index >= 15 is 0 Å². The standard InChI is InChI=1S/C20H28ClN/c1-14-2-6-18(21)13-19(14)16-8-10-22(11-9-16)20-7-4-15-3-5-17(20)12-15/h2,6,13,15-17,20H,3-5,7-12H2,1H3/t15-,17+,20-/m1/s1. The molecule has 1 heterocycles. The van der Waals surface area contributed by atoms with Gasteiger partial charge in [0, 0.05) is 11.1 Å². The third kappa shape index (κ3) is 2.83. The summed E-state index contributed by atoms with van der Waals surface area (Å²) in [6.45, 7) is 4.82. The zero-order valence-corrected chi connectivity index (χ0v) is 14.5. The first-order chi connectivity index (χ1) is 10.7. The SMILES string of the molecule is Cc1ccc(Cl)cc1C1CCN([C@@H]2CC[C@H]3CC[C@H]2C3)CC1. The van der Waals surface area contributed by atoms with Gasteiger partial charge >= 0.3 is 0 Å². The Balaban J connectivity index is 1.41. The molecule has 4 rings (SSSR count). The number of hydrogen-bond donors (Lipinski definition) is 0. The molecule has 3 aliphatic rings. The molecule has 2 aliphatic carbocycles. The maximum Gasteiger partial charge on any atom is 0.0409 e. The van der Waals surface area contributed by atoms with Crippen LogP contribution in [0.5, 0.6) is 0 Å². The highest BCUT2D eigenvalue weighted by atomic mass is 35.5. The molecule has 3 atom stereocenters. The van der Waals surface area contributed by atoms with Crippen LogP contribution in [-0.4, -0.2) is 24.0 Å². The van der Waals surface area contributed by atoms with Crippen molar-refractivity contribution >= 4 is 11.6 Å². The van der Waals surface area contributed by atoms with Gasteiger partial charge in [0.05, 0.1) is 0 Å². The average Bonchev–Trinajstić information content (AvgIpc) is 2.91. The van der Waals surface area contributed by atoms with Crippen molar-refractivity contribution in [3.05, 3.63) is 34.3 Å². The van der Waals surface area contributed by atoms with Crippen LogP contribution in [0, 0.1) is 18.8 Å². The van der Waals surface area contributed by atoms with Crippen LogP contribution in [0.25, 0.3) is 0 Å². The minimum atomic E-state index is 0.717. The normalized spacial score (nSPS) is 33.3. The zero-order valence-electron chi connectivity index (χ0n) is 13.7. The molecular formula is C20H28ClN. The first kappa shape index (κ1) is 15.0. The molecular weight excluding hydrogens is 290 g/mol. The fraction of sp³-hybridized carbons (Fsp3) is 0.700. The van der Waals surface area contributed by atoms with E-state index in [1.54, 1.807) is 0 Å². The molecule has 2 heteroatoms. The lowest BCUT2D eigenvalue weighted by atomic mass is 9.81. The van der Waals surface area contributed by atoms with Crippen LogP contribution in [-0.2, 0) is 0 Å². The van der Waals surface area contributed by atoms with Gasteiger partial charge in [-0.1, -0.05) is 24.1 Å². The van der Waals surface area contributed by atoms with Gasteiger partial charge in [-0.2, -0.15) is 0 Å². The Morgan fingerprint density at radius 2 is 1.77 bits per heavy atom. The zero-order chi connectivity index (χ0) is 15.1. The van der Waals surface area contributed by atoms with E-state index in [4.69, 9.17) is 11.6 Å². The lowest BCUT2D eigenvalue weighted by Gasteiger charge is -2.42. The number of rotatable bonds is 2. The minimum Gasteiger partial charge on any atom is -0.300 e. The summed E-state index contributed by atoms with van der Waals surface area (Å²) >= 11 is 6.22. The monoisotopic (exact) mass is 317 g/mol. The van der Waals surface area contributed by atoms with Crippen LogP contribution < -0.4 is 0 Å². The molecule has 22 heavy (non-hydrogen) atoms. The summed E-state index contributed by atoms with van der Waals surface area (Å²) in [6, 6.07) is 7.32. The fourth-order valence-electron chi connectivity index (χ4n) is 5.44. The number of aryl methyl sites for hydroxylation is 1. The molecule has 2 saturated carbocycles. The predicted molar refractivity (Wildman–Crippen MR) is 93.6 cm³/mol. The molecule has 1 aromatic carbocycles. The molecule has 0 amide bonds. The third-order valence-electron chi connectivity index (χ3n) is 6.68. The van der Waals surface area contributed by atoms with Crippen molar-refractivity contribution in [3.63, 3.8) is 0 Å². The molecule has 0 aromatic heterocycles. The Morgan fingerprint density at radius 1 is 1.00 bits per heavy atom. The number of halogens is 1. The lowest BCUT2D eigenvalue weighted by molar-refractivity contribution is 0.0840. The largest absolute Gasteiger partial charge is 0.300 e. The number of benzene rings is 1. The molecule has 1 aliphatic heterocycles. The molecule has 0 unspecified atom stereocenters. The van der Waals surface area contributed by atoms with Crippen LogP contribution in [0.2, 0.25) is 5.02 Å². The van der Waals surface area contributed by atoms with Crippen molar-refractivity contribution in [2.24, 2.45) is 11.8 Å². The highest BCUT2D eigenvalue weighted by Crippen LogP contribution is 2.45. The number of nitrogens with zero attached hydrogens (tertiary/aromatic N) is 1. The van der Waals surface area contributed by atoms with Gasteiger partial charge in [-0.3, -0.25) is 0 Å². The second-order valence-electron chi connectivity index (χ2n) is 7.90. The van der Waals surface area contributed by atoms with Gasteiger partial charge in [0.15, 0.2) is 0 Å². The topological polar surface area (TPSA) is 3.24 Å². The Kier molecular flexibility index (Phi) is 4.21. The Morgan fingerprint density at radius 3 is 2.59 bits per heavy atom. The maximum atomic E-state index is 6.22. The fourth-order valence-corrected chi connectivity index (χ4v) is 5.62. The van der Waals surface area contributed by atoms with E-state index in [1.807, 2.05) is 6.07 Å². The molecule has 1 nitrogen and oxygen atoms in total. The number of piperidine rings is 1. The van der Waals surface area contributed by atoms with E-state index in [9.17, 15) is 0 Å². The van der Waals surface area contributed by atoms with Crippen molar-refractivity contribution in [2.45, 2.75) is 63.8 Å². The van der Waals surface area contributed by atoms with Gasteiger partial charge < -0.3 is 4.90 Å². The summed E-state index contributed by atoms with van der Waals surface area (Å²) in [5.74, 6) is 2.81. The minimum absolute atomic E-state index is 0.717. The summed E-state index contributed by atoms with van der Waals surface area (Å²) in [5.41, 5.74) is 2.91. The van der Waals surface area contributed by atoms with E-state index in [0.29, 0.717) is 0 Å². The smallest absolute Gasteiger partial charge is 0.0409 e. The highest BCUT2D eigenvalue weighted by Gasteiger charge is 2.39. The van der Waals surface area contributed by atoms with Crippen LogP contribution >= 0.6 is 11.6 Å². The van der Waals surface area contributed by atoms with E-state index in [1.165, 1.54) is 69.2 Å². The molecule has 1 aromatic rings. The van der Waals surface area contributed by atoms with E-state index in [0.717, 1.165) is 28.8 Å². The van der Waals surface area contributed by atoms with Crippen molar-refractivity contribution in [1.29, 1.82) is 0 Å². The molecule has 0 N–H and O–H groups in total. The van der Waals surface area contributed by atoms with Crippen molar-refractivity contribution in [1.82, 2.24) is 4.90 Å². The molecule has 0 spiro atoms. The van der Waals surface area contributed by atoms with Crippen LogP contribution in [0.1, 0.15) is 62.0 Å². The van der Waals surface area contributed by atoms with Gasteiger partial charge in [-0.05, 0) is 99.6 Å². The predicted octanol–water partition coefficient (Wildman–Crippen LogP) is 5.41. The van der Waals surface area contributed by atoms with Crippen LogP contribution in [0.3, 0.4) is 0 Å². The summed E-state index contributed by atoms with van der Waals surface area (Å²) in [6.07, 6.45) is 10.1. The molecule has 120 valence electrons. The van der Waals surface area contributed by atoms with E-state index in [2.05, 4.69) is 24.0 Å². The number of fused-ring (bicyclic) bond motifs is 2. The van der Waals surface area contributed by atoms with Crippen molar-refractivity contribution < 1.29 is 0 Å². The van der Waals surface area contributed by atoms with Gasteiger partial charge in [-0.15, -0.1) is 0 Å². The highest BCUT2D eigenvalue weighted by molar-refractivity contribution is 6.30. The number of likely N-dealkylation sites (tertiary alicyclic amines) is 1. The summed E-state index contributed by atoms with van der Waals surface area (Å²) in [7, 11) is 0. The van der Waals surface area contributed by atoms with Gasteiger partial charge in [0.25, 0.3) is 0 Å². The van der Waals surface area contributed by atoms with E-state index in [-0.39, 0.29) is 0 Å². The van der Waals surface area contributed by atoms with Crippen LogP contribution in [0.4, 0.5) is 0 Å². The molecule has 0 radical (unpaired) electrons.